The van der Waals surface area contributed by atoms with Crippen LogP contribution in [0.1, 0.15) is 18.1 Å². The van der Waals surface area contributed by atoms with Gasteiger partial charge in [0.25, 0.3) is 0 Å². The molecule has 1 rings (SSSR count). The van der Waals surface area contributed by atoms with Gasteiger partial charge in [0.15, 0.2) is 0 Å². The maximum Gasteiger partial charge on any atom is 0.416 e. The molecule has 1 aromatic rings. The minimum atomic E-state index is -4.35. The quantitative estimate of drug-likeness (QED) is 0.504. The zero-order valence-corrected chi connectivity index (χ0v) is 7.44. The molecule has 0 bridgehead atoms. The summed E-state index contributed by atoms with van der Waals surface area (Å²) in [7, 11) is 0. The van der Waals surface area contributed by atoms with E-state index in [0.717, 1.165) is 12.1 Å². The van der Waals surface area contributed by atoms with Crippen LogP contribution in [0.2, 0.25) is 0 Å². The Hall–Kier alpha value is -1.63. The topological polar surface area (TPSA) is 26.0 Å². The normalized spacial score (nSPS) is 10.6. The Morgan fingerprint density at radius 3 is 2.43 bits per heavy atom. The molecule has 0 aromatic heterocycles. The third-order valence-corrected chi connectivity index (χ3v) is 1.64. The fourth-order valence-electron chi connectivity index (χ4n) is 0.976. The molecule has 0 unspecified atom stereocenters. The average molecular weight is 199 g/mol. The lowest BCUT2D eigenvalue weighted by Gasteiger charge is -2.07. The van der Waals surface area contributed by atoms with Gasteiger partial charge in [0.05, 0.1) is 5.56 Å². The summed E-state index contributed by atoms with van der Waals surface area (Å²) in [6.07, 6.45) is -4.35. The van der Waals surface area contributed by atoms with E-state index in [1.165, 1.54) is 6.07 Å². The molecule has 2 N–H and O–H groups in total. The number of halogens is 3. The number of benzene rings is 1. The van der Waals surface area contributed by atoms with Gasteiger partial charge in [-0.1, -0.05) is 5.92 Å². The van der Waals surface area contributed by atoms with E-state index in [0.29, 0.717) is 0 Å². The first kappa shape index (κ1) is 10.5. The van der Waals surface area contributed by atoms with Crippen LogP contribution in [0.4, 0.5) is 18.9 Å². The molecule has 0 aliphatic rings. The highest BCUT2D eigenvalue weighted by Crippen LogP contribution is 2.30. The molecular weight excluding hydrogens is 191 g/mol. The van der Waals surface area contributed by atoms with Crippen LogP contribution in [0.25, 0.3) is 0 Å². The van der Waals surface area contributed by atoms with Crippen LogP contribution < -0.4 is 5.73 Å². The van der Waals surface area contributed by atoms with E-state index < -0.39 is 11.7 Å². The van der Waals surface area contributed by atoms with Crippen molar-refractivity contribution in [2.45, 2.75) is 13.1 Å². The number of rotatable bonds is 0. The van der Waals surface area contributed by atoms with Gasteiger partial charge in [-0.2, -0.15) is 13.2 Å². The molecular formula is C10H8F3N. The molecule has 0 amide bonds. The molecule has 1 aromatic carbocycles. The lowest BCUT2D eigenvalue weighted by Crippen LogP contribution is -2.05. The Bertz CT molecular complexity index is 396. The van der Waals surface area contributed by atoms with Gasteiger partial charge in [0.2, 0.25) is 0 Å². The molecule has 0 radical (unpaired) electrons. The number of nitrogen functional groups attached to an aromatic ring is 1. The number of nitrogens with two attached hydrogens (primary N) is 1. The monoisotopic (exact) mass is 199 g/mol. The highest BCUT2D eigenvalue weighted by Gasteiger charge is 2.30. The van der Waals surface area contributed by atoms with Crippen molar-refractivity contribution >= 4 is 5.69 Å². The van der Waals surface area contributed by atoms with Gasteiger partial charge in [0, 0.05) is 11.3 Å². The van der Waals surface area contributed by atoms with Crippen molar-refractivity contribution in [3.05, 3.63) is 29.3 Å². The smallest absolute Gasteiger partial charge is 0.398 e. The molecule has 0 aliphatic carbocycles. The highest BCUT2D eigenvalue weighted by molar-refractivity contribution is 5.57. The molecule has 1 nitrogen and oxygen atoms in total. The van der Waals surface area contributed by atoms with Crippen LogP contribution in [0, 0.1) is 11.8 Å². The van der Waals surface area contributed by atoms with Gasteiger partial charge in [-0.15, -0.1) is 5.92 Å². The molecule has 0 heterocycles. The molecule has 0 fully saturated rings. The molecule has 0 aliphatic heterocycles. The summed E-state index contributed by atoms with van der Waals surface area (Å²) >= 11 is 0. The Labute approximate surface area is 79.7 Å². The van der Waals surface area contributed by atoms with Crippen molar-refractivity contribution in [2.75, 3.05) is 5.73 Å². The summed E-state index contributed by atoms with van der Waals surface area (Å²) in [5.41, 5.74) is 5.18. The first-order valence-corrected chi connectivity index (χ1v) is 3.84. The largest absolute Gasteiger partial charge is 0.416 e. The number of hydrogen-bond donors (Lipinski definition) is 1. The summed E-state index contributed by atoms with van der Waals surface area (Å²) in [4.78, 5) is 0. The van der Waals surface area contributed by atoms with Crippen LogP contribution in [0.5, 0.6) is 0 Å². The summed E-state index contributed by atoms with van der Waals surface area (Å²) in [6.45, 7) is 1.54. The second-order valence-corrected chi connectivity index (χ2v) is 2.67. The zero-order chi connectivity index (χ0) is 10.8. The van der Waals surface area contributed by atoms with Crippen molar-refractivity contribution in [2.24, 2.45) is 0 Å². The van der Waals surface area contributed by atoms with Gasteiger partial charge in [-0.05, 0) is 25.1 Å². The molecule has 0 saturated heterocycles. The van der Waals surface area contributed by atoms with Crippen molar-refractivity contribution < 1.29 is 13.2 Å². The standard InChI is InChI=1S/C10H8F3N/c1-2-3-7-6-8(10(11,12)13)4-5-9(7)14/h4-6H,14H2,1H3. The van der Waals surface area contributed by atoms with Crippen LogP contribution in [0.15, 0.2) is 18.2 Å². The van der Waals surface area contributed by atoms with E-state index in [2.05, 4.69) is 11.8 Å². The second kappa shape index (κ2) is 3.62. The van der Waals surface area contributed by atoms with Gasteiger partial charge in [-0.25, -0.2) is 0 Å². The fourth-order valence-corrected chi connectivity index (χ4v) is 0.976. The maximum atomic E-state index is 12.3. The Balaban J connectivity index is 3.24. The van der Waals surface area contributed by atoms with E-state index in [1.807, 2.05) is 0 Å². The van der Waals surface area contributed by atoms with Crippen LogP contribution in [0.3, 0.4) is 0 Å². The number of alkyl halides is 3. The predicted molar refractivity (Wildman–Crippen MR) is 48.4 cm³/mol. The lowest BCUT2D eigenvalue weighted by atomic mass is 10.1. The van der Waals surface area contributed by atoms with Gasteiger partial charge >= 0.3 is 6.18 Å². The zero-order valence-electron chi connectivity index (χ0n) is 7.44. The molecule has 14 heavy (non-hydrogen) atoms. The second-order valence-electron chi connectivity index (χ2n) is 2.67. The van der Waals surface area contributed by atoms with Crippen molar-refractivity contribution in [3.8, 4) is 11.8 Å². The first-order valence-electron chi connectivity index (χ1n) is 3.84. The van der Waals surface area contributed by atoms with Crippen molar-refractivity contribution in [1.82, 2.24) is 0 Å². The molecule has 0 spiro atoms. The van der Waals surface area contributed by atoms with Crippen LogP contribution in [-0.4, -0.2) is 0 Å². The van der Waals surface area contributed by atoms with E-state index in [-0.39, 0.29) is 11.3 Å². The Kier molecular flexibility index (Phi) is 2.70. The summed E-state index contributed by atoms with van der Waals surface area (Å²) in [6, 6.07) is 3.10. The first-order chi connectivity index (χ1) is 6.45. The van der Waals surface area contributed by atoms with Gasteiger partial charge in [-0.3, -0.25) is 0 Å². The third-order valence-electron chi connectivity index (χ3n) is 1.64. The number of anilines is 1. The summed E-state index contributed by atoms with van der Waals surface area (Å²) in [5, 5.41) is 0. The Morgan fingerprint density at radius 2 is 1.93 bits per heavy atom. The fraction of sp³-hybridized carbons (Fsp3) is 0.200. The molecule has 0 atom stereocenters. The minimum Gasteiger partial charge on any atom is -0.398 e. The highest BCUT2D eigenvalue weighted by atomic mass is 19.4. The molecule has 74 valence electrons. The van der Waals surface area contributed by atoms with Crippen LogP contribution in [-0.2, 0) is 6.18 Å². The number of hydrogen-bond acceptors (Lipinski definition) is 1. The van der Waals surface area contributed by atoms with Gasteiger partial charge < -0.3 is 5.73 Å². The summed E-state index contributed by atoms with van der Waals surface area (Å²) in [5.74, 6) is 5.02. The van der Waals surface area contributed by atoms with E-state index in [4.69, 9.17) is 5.73 Å². The average Bonchev–Trinajstić information content (AvgIpc) is 2.07. The SMILES string of the molecule is CC#Cc1cc(C(F)(F)F)ccc1N. The predicted octanol–water partition coefficient (Wildman–Crippen LogP) is 2.66. The molecule has 0 saturated carbocycles. The Morgan fingerprint density at radius 1 is 1.29 bits per heavy atom. The van der Waals surface area contributed by atoms with E-state index >= 15 is 0 Å². The summed E-state index contributed by atoms with van der Waals surface area (Å²) < 4.78 is 36.8. The van der Waals surface area contributed by atoms with E-state index in [9.17, 15) is 13.2 Å². The molecule has 4 heteroatoms. The van der Waals surface area contributed by atoms with Crippen molar-refractivity contribution in [3.63, 3.8) is 0 Å². The van der Waals surface area contributed by atoms with Crippen LogP contribution >= 0.6 is 0 Å². The van der Waals surface area contributed by atoms with Crippen molar-refractivity contribution in [1.29, 1.82) is 0 Å². The third kappa shape index (κ3) is 2.19. The van der Waals surface area contributed by atoms with E-state index in [1.54, 1.807) is 6.92 Å². The van der Waals surface area contributed by atoms with Gasteiger partial charge in [0.1, 0.15) is 0 Å². The lowest BCUT2D eigenvalue weighted by molar-refractivity contribution is -0.137. The minimum absolute atomic E-state index is 0.210. The maximum absolute atomic E-state index is 12.3.